The molecule has 1 atom stereocenters. The molecule has 0 heterocycles. The van der Waals surface area contributed by atoms with E-state index in [2.05, 4.69) is 93.7 Å². The van der Waals surface area contributed by atoms with Crippen molar-refractivity contribution in [2.45, 2.75) is 181 Å². The molecule has 0 spiro atoms. The SMILES string of the molecule is CC/C=C\C/C=C\C/C=C\CC(=O)OC(COC(=O)CCCC/C=C\C/C=C\CC)COC(=O)CCCCCCCCC/C=C\C/C=C\CCCCC. The predicted octanol–water partition coefficient (Wildman–Crippen LogP) is 13.3. The Bertz CT molecular complexity index is 1080. The summed E-state index contributed by atoms with van der Waals surface area (Å²) in [5.41, 5.74) is 0. The number of allylic oxidation sites excluding steroid dienone is 13. The Morgan fingerprint density at radius 3 is 1.28 bits per heavy atom. The van der Waals surface area contributed by atoms with Crippen LogP contribution in [0.1, 0.15) is 175 Å². The first-order chi connectivity index (χ1) is 26.0. The minimum absolute atomic E-state index is 0.0945. The number of rotatable bonds is 36. The van der Waals surface area contributed by atoms with E-state index in [0.29, 0.717) is 12.8 Å². The highest BCUT2D eigenvalue weighted by Gasteiger charge is 2.19. The molecule has 0 fully saturated rings. The number of carbonyl (C=O) groups is 3. The van der Waals surface area contributed by atoms with Crippen LogP contribution >= 0.6 is 0 Å². The zero-order chi connectivity index (χ0) is 38.7. The fourth-order valence-corrected chi connectivity index (χ4v) is 5.28. The Morgan fingerprint density at radius 1 is 0.415 bits per heavy atom. The topological polar surface area (TPSA) is 78.9 Å². The highest BCUT2D eigenvalue weighted by Crippen LogP contribution is 2.12. The summed E-state index contributed by atoms with van der Waals surface area (Å²) in [6, 6.07) is 0. The van der Waals surface area contributed by atoms with Crippen molar-refractivity contribution in [1.82, 2.24) is 0 Å². The first-order valence-electron chi connectivity index (χ1n) is 21.1. The van der Waals surface area contributed by atoms with Crippen LogP contribution in [0, 0.1) is 0 Å². The lowest BCUT2D eigenvalue weighted by Crippen LogP contribution is -2.30. The summed E-state index contributed by atoms with van der Waals surface area (Å²) < 4.78 is 16.5. The largest absolute Gasteiger partial charge is 0.462 e. The van der Waals surface area contributed by atoms with Crippen LogP contribution in [0.4, 0.5) is 0 Å². The van der Waals surface area contributed by atoms with E-state index in [0.717, 1.165) is 83.5 Å². The van der Waals surface area contributed by atoms with Crippen molar-refractivity contribution in [2.24, 2.45) is 0 Å². The molecule has 0 aliphatic rings. The van der Waals surface area contributed by atoms with E-state index in [1.807, 2.05) is 6.08 Å². The number of esters is 3. The first kappa shape index (κ1) is 49.6. The molecule has 0 aliphatic carbocycles. The summed E-state index contributed by atoms with van der Waals surface area (Å²) in [7, 11) is 0. The molecule has 0 aliphatic heterocycles. The number of ether oxygens (including phenoxy) is 3. The predicted molar refractivity (Wildman–Crippen MR) is 224 cm³/mol. The molecule has 0 amide bonds. The number of hydrogen-bond acceptors (Lipinski definition) is 6. The van der Waals surface area contributed by atoms with Gasteiger partial charge in [-0.05, 0) is 89.9 Å². The quantitative estimate of drug-likeness (QED) is 0.0276. The van der Waals surface area contributed by atoms with E-state index in [1.54, 1.807) is 6.08 Å². The Labute approximate surface area is 325 Å². The molecule has 0 radical (unpaired) electrons. The summed E-state index contributed by atoms with van der Waals surface area (Å²) in [4.78, 5) is 37.4. The number of carbonyl (C=O) groups excluding carboxylic acids is 3. The van der Waals surface area contributed by atoms with Gasteiger partial charge in [-0.15, -0.1) is 0 Å². The zero-order valence-electron chi connectivity index (χ0n) is 34.0. The normalized spacial score (nSPS) is 12.9. The molecule has 300 valence electrons. The van der Waals surface area contributed by atoms with Gasteiger partial charge < -0.3 is 14.2 Å². The monoisotopic (exact) mass is 737 g/mol. The summed E-state index contributed by atoms with van der Waals surface area (Å²) in [5, 5.41) is 0. The van der Waals surface area contributed by atoms with Crippen LogP contribution in [0.15, 0.2) is 85.1 Å². The third kappa shape index (κ3) is 39.6. The molecule has 1 unspecified atom stereocenters. The maximum atomic E-state index is 12.6. The van der Waals surface area contributed by atoms with Gasteiger partial charge in [-0.1, -0.05) is 151 Å². The van der Waals surface area contributed by atoms with Gasteiger partial charge in [0.1, 0.15) is 13.2 Å². The maximum Gasteiger partial charge on any atom is 0.310 e. The van der Waals surface area contributed by atoms with E-state index in [4.69, 9.17) is 14.2 Å². The van der Waals surface area contributed by atoms with E-state index >= 15 is 0 Å². The molecular weight excluding hydrogens is 661 g/mol. The van der Waals surface area contributed by atoms with Crippen LogP contribution in [0.2, 0.25) is 0 Å². The van der Waals surface area contributed by atoms with Gasteiger partial charge in [0.15, 0.2) is 6.10 Å². The Morgan fingerprint density at radius 2 is 0.792 bits per heavy atom. The van der Waals surface area contributed by atoms with E-state index in [9.17, 15) is 14.4 Å². The number of hydrogen-bond donors (Lipinski definition) is 0. The first-order valence-corrected chi connectivity index (χ1v) is 21.1. The maximum absolute atomic E-state index is 12.6. The smallest absolute Gasteiger partial charge is 0.310 e. The van der Waals surface area contributed by atoms with Crippen molar-refractivity contribution in [3.8, 4) is 0 Å². The molecular formula is C47H76O6. The lowest BCUT2D eigenvalue weighted by Gasteiger charge is -2.18. The fraction of sp³-hybridized carbons (Fsp3) is 0.638. The summed E-state index contributed by atoms with van der Waals surface area (Å²) in [6.07, 6.45) is 51.9. The zero-order valence-corrected chi connectivity index (χ0v) is 34.0. The molecule has 0 N–H and O–H groups in total. The van der Waals surface area contributed by atoms with E-state index < -0.39 is 12.1 Å². The van der Waals surface area contributed by atoms with Crippen LogP contribution in [0.5, 0.6) is 0 Å². The third-order valence-electron chi connectivity index (χ3n) is 8.40. The van der Waals surface area contributed by atoms with Gasteiger partial charge in [0.25, 0.3) is 0 Å². The van der Waals surface area contributed by atoms with Gasteiger partial charge in [-0.3, -0.25) is 14.4 Å². The minimum Gasteiger partial charge on any atom is -0.462 e. The molecule has 0 saturated heterocycles. The average Bonchev–Trinajstić information content (AvgIpc) is 3.15. The van der Waals surface area contributed by atoms with E-state index in [1.165, 1.54) is 51.4 Å². The molecule has 53 heavy (non-hydrogen) atoms. The number of unbranched alkanes of at least 4 members (excludes halogenated alkanes) is 12. The third-order valence-corrected chi connectivity index (χ3v) is 8.40. The summed E-state index contributed by atoms with van der Waals surface area (Å²) >= 11 is 0. The van der Waals surface area contributed by atoms with E-state index in [-0.39, 0.29) is 31.6 Å². The highest BCUT2D eigenvalue weighted by atomic mass is 16.6. The van der Waals surface area contributed by atoms with Crippen molar-refractivity contribution in [3.63, 3.8) is 0 Å². The van der Waals surface area contributed by atoms with Gasteiger partial charge in [-0.25, -0.2) is 0 Å². The second-order valence-electron chi connectivity index (χ2n) is 13.5. The molecule has 0 aromatic rings. The Balaban J connectivity index is 4.42. The molecule has 0 aromatic carbocycles. The van der Waals surface area contributed by atoms with Crippen molar-refractivity contribution >= 4 is 17.9 Å². The van der Waals surface area contributed by atoms with Crippen LogP contribution in [0.25, 0.3) is 0 Å². The van der Waals surface area contributed by atoms with Crippen molar-refractivity contribution in [3.05, 3.63) is 85.1 Å². The molecule has 0 saturated carbocycles. The molecule has 0 rings (SSSR count). The van der Waals surface area contributed by atoms with Crippen LogP contribution < -0.4 is 0 Å². The second kappa shape index (κ2) is 41.3. The van der Waals surface area contributed by atoms with Gasteiger partial charge in [-0.2, -0.15) is 0 Å². The summed E-state index contributed by atoms with van der Waals surface area (Å²) in [5.74, 6) is -1.11. The summed E-state index contributed by atoms with van der Waals surface area (Å²) in [6.45, 7) is 6.20. The lowest BCUT2D eigenvalue weighted by atomic mass is 10.1. The van der Waals surface area contributed by atoms with Gasteiger partial charge in [0.2, 0.25) is 0 Å². The fourth-order valence-electron chi connectivity index (χ4n) is 5.28. The standard InChI is InChI=1S/C47H76O6/c1-4-7-10-13-16-19-20-21-22-23-24-25-26-29-31-34-37-40-46(49)52-43-44(53-47(50)41-38-35-32-28-18-15-12-9-6-3)42-51-45(48)39-36-33-30-27-17-14-11-8-5-2/h8-9,11-12,16-19,21-22,27-28,35,38,44H,4-7,10,13-15,20,23-26,29-34,36-37,39-43H2,1-3H3/b11-8-,12-9-,19-16-,22-21-,27-17-,28-18-,38-35-. The van der Waals surface area contributed by atoms with Gasteiger partial charge >= 0.3 is 17.9 Å². The van der Waals surface area contributed by atoms with Crippen LogP contribution in [0.3, 0.4) is 0 Å². The lowest BCUT2D eigenvalue weighted by molar-refractivity contribution is -0.166. The van der Waals surface area contributed by atoms with Crippen LogP contribution in [-0.2, 0) is 28.6 Å². The highest BCUT2D eigenvalue weighted by molar-refractivity contribution is 5.72. The molecule has 0 aromatic heterocycles. The Hall–Kier alpha value is -3.41. The van der Waals surface area contributed by atoms with Gasteiger partial charge in [0.05, 0.1) is 6.42 Å². The average molecular weight is 737 g/mol. The van der Waals surface area contributed by atoms with Crippen molar-refractivity contribution in [2.75, 3.05) is 13.2 Å². The van der Waals surface area contributed by atoms with Crippen LogP contribution in [-0.4, -0.2) is 37.2 Å². The van der Waals surface area contributed by atoms with Gasteiger partial charge in [0, 0.05) is 12.8 Å². The second-order valence-corrected chi connectivity index (χ2v) is 13.5. The minimum atomic E-state index is -0.838. The molecule has 6 heteroatoms. The Kier molecular flexibility index (Phi) is 38.7. The molecule has 0 bridgehead atoms. The van der Waals surface area contributed by atoms with Crippen molar-refractivity contribution < 1.29 is 28.6 Å². The van der Waals surface area contributed by atoms with Crippen molar-refractivity contribution in [1.29, 1.82) is 0 Å². The molecule has 6 nitrogen and oxygen atoms in total.